The number of anilines is 1. The van der Waals surface area contributed by atoms with Crippen LogP contribution in [-0.4, -0.2) is 0 Å². The fraction of sp³-hybridized carbons (Fsp3) is 0.188. The number of benzene rings is 3. The molecule has 0 radical (unpaired) electrons. The van der Waals surface area contributed by atoms with Crippen LogP contribution in [0.4, 0.5) is 5.69 Å². The van der Waals surface area contributed by atoms with E-state index in [4.69, 9.17) is 0 Å². The smallest absolute Gasteiger partial charge is 0.0646 e. The first-order valence-electron chi connectivity index (χ1n) is 11.5. The van der Waals surface area contributed by atoms with Crippen molar-refractivity contribution < 1.29 is 0 Å². The van der Waals surface area contributed by atoms with E-state index in [1.54, 1.807) is 6.08 Å². The number of rotatable bonds is 9. The molecule has 33 heavy (non-hydrogen) atoms. The number of nitrogens with zero attached hydrogens (tertiary/aromatic N) is 1. The third-order valence-corrected chi connectivity index (χ3v) is 6.33. The van der Waals surface area contributed by atoms with Crippen LogP contribution in [0.5, 0.6) is 0 Å². The summed E-state index contributed by atoms with van der Waals surface area (Å²) in [5, 5.41) is 0. The Kier molecular flexibility index (Phi) is 7.55. The lowest BCUT2D eigenvalue weighted by Gasteiger charge is -2.42. The highest BCUT2D eigenvalue weighted by Gasteiger charge is 2.32. The SMILES string of the molecule is C=C/C=C\C(=C/C=C)N(c1ccccc1)C(C)(C)c1ccc(C(C)(C)c2ccccc2)cc1. The van der Waals surface area contributed by atoms with E-state index in [2.05, 4.69) is 131 Å². The van der Waals surface area contributed by atoms with Gasteiger partial charge in [0.2, 0.25) is 0 Å². The molecule has 3 aromatic rings. The van der Waals surface area contributed by atoms with Crippen molar-refractivity contribution in [1.29, 1.82) is 0 Å². The number of hydrogen-bond donors (Lipinski definition) is 0. The van der Waals surface area contributed by atoms with Crippen LogP contribution in [0, 0.1) is 0 Å². The Hall–Kier alpha value is -3.58. The third kappa shape index (κ3) is 5.26. The molecule has 0 atom stereocenters. The quantitative estimate of drug-likeness (QED) is 0.305. The van der Waals surface area contributed by atoms with Gasteiger partial charge in [0.25, 0.3) is 0 Å². The van der Waals surface area contributed by atoms with Gasteiger partial charge in [-0.05, 0) is 54.8 Å². The van der Waals surface area contributed by atoms with Crippen LogP contribution in [0.25, 0.3) is 0 Å². The molecule has 0 fully saturated rings. The van der Waals surface area contributed by atoms with Gasteiger partial charge in [0.05, 0.1) is 5.54 Å². The maximum absolute atomic E-state index is 3.94. The molecule has 0 unspecified atom stereocenters. The summed E-state index contributed by atoms with van der Waals surface area (Å²) in [4.78, 5) is 2.35. The molecule has 0 aliphatic heterocycles. The van der Waals surface area contributed by atoms with Crippen LogP contribution in [0.1, 0.15) is 44.4 Å². The van der Waals surface area contributed by atoms with Gasteiger partial charge in [-0.25, -0.2) is 0 Å². The van der Waals surface area contributed by atoms with Crippen molar-refractivity contribution in [3.05, 3.63) is 151 Å². The molecule has 1 nitrogen and oxygen atoms in total. The molecule has 0 spiro atoms. The van der Waals surface area contributed by atoms with Gasteiger partial charge in [-0.15, -0.1) is 0 Å². The second-order valence-corrected chi connectivity index (χ2v) is 9.22. The molecule has 0 aliphatic rings. The molecular weight excluding hydrogens is 398 g/mol. The van der Waals surface area contributed by atoms with E-state index in [1.807, 2.05) is 24.3 Å². The van der Waals surface area contributed by atoms with Crippen LogP contribution in [0.3, 0.4) is 0 Å². The monoisotopic (exact) mass is 433 g/mol. The zero-order valence-corrected chi connectivity index (χ0v) is 20.3. The van der Waals surface area contributed by atoms with Crippen LogP contribution in [0.15, 0.2) is 134 Å². The predicted octanol–water partition coefficient (Wildman–Crippen LogP) is 8.57. The molecule has 0 bridgehead atoms. The van der Waals surface area contributed by atoms with E-state index in [9.17, 15) is 0 Å². The summed E-state index contributed by atoms with van der Waals surface area (Å²) >= 11 is 0. The summed E-state index contributed by atoms with van der Waals surface area (Å²) in [7, 11) is 0. The molecule has 0 aliphatic carbocycles. The first kappa shape index (κ1) is 24.1. The summed E-state index contributed by atoms with van der Waals surface area (Å²) in [6.45, 7) is 16.9. The van der Waals surface area contributed by atoms with Gasteiger partial charge in [-0.3, -0.25) is 0 Å². The molecule has 0 saturated heterocycles. The molecule has 168 valence electrons. The van der Waals surface area contributed by atoms with Gasteiger partial charge < -0.3 is 4.90 Å². The lowest BCUT2D eigenvalue weighted by molar-refractivity contribution is 0.521. The van der Waals surface area contributed by atoms with E-state index >= 15 is 0 Å². The highest BCUT2D eigenvalue weighted by Crippen LogP contribution is 2.38. The first-order valence-corrected chi connectivity index (χ1v) is 11.5. The molecule has 1 heteroatoms. The lowest BCUT2D eigenvalue weighted by Crippen LogP contribution is -2.40. The van der Waals surface area contributed by atoms with Crippen molar-refractivity contribution >= 4 is 5.69 Å². The largest absolute Gasteiger partial charge is 0.332 e. The second-order valence-electron chi connectivity index (χ2n) is 9.22. The van der Waals surface area contributed by atoms with Crippen molar-refractivity contribution in [3.63, 3.8) is 0 Å². The van der Waals surface area contributed by atoms with Crippen LogP contribution in [0.2, 0.25) is 0 Å². The van der Waals surface area contributed by atoms with Gasteiger partial charge in [0, 0.05) is 16.8 Å². The van der Waals surface area contributed by atoms with Crippen molar-refractivity contribution in [2.45, 2.75) is 38.6 Å². The second kappa shape index (κ2) is 10.4. The summed E-state index contributed by atoms with van der Waals surface area (Å²) in [6.07, 6.45) is 9.72. The maximum atomic E-state index is 3.94. The topological polar surface area (TPSA) is 3.24 Å². The minimum atomic E-state index is -0.308. The van der Waals surface area contributed by atoms with Crippen molar-refractivity contribution in [1.82, 2.24) is 0 Å². The van der Waals surface area contributed by atoms with Crippen LogP contribution < -0.4 is 4.90 Å². The zero-order valence-electron chi connectivity index (χ0n) is 20.3. The van der Waals surface area contributed by atoms with Gasteiger partial charge in [0.1, 0.15) is 0 Å². The van der Waals surface area contributed by atoms with E-state index < -0.39 is 0 Å². The summed E-state index contributed by atoms with van der Waals surface area (Å²) in [5.74, 6) is 0. The average molecular weight is 434 g/mol. The Morgan fingerprint density at radius 2 is 1.18 bits per heavy atom. The minimum absolute atomic E-state index is 0.0658. The predicted molar refractivity (Wildman–Crippen MR) is 145 cm³/mol. The van der Waals surface area contributed by atoms with E-state index in [0.717, 1.165) is 11.4 Å². The van der Waals surface area contributed by atoms with Crippen molar-refractivity contribution in [2.75, 3.05) is 4.90 Å². The number of hydrogen-bond acceptors (Lipinski definition) is 1. The normalized spacial score (nSPS) is 12.5. The van der Waals surface area contributed by atoms with E-state index in [1.165, 1.54) is 16.7 Å². The number of para-hydroxylation sites is 1. The fourth-order valence-electron chi connectivity index (χ4n) is 4.31. The standard InChI is InChI=1S/C32H35N/c1-7-9-19-29(16-8-2)33(30-20-14-11-15-21-30)32(5,6)28-24-22-27(23-25-28)31(3,4)26-17-12-10-13-18-26/h7-25H,1-2H2,3-6H3/b19-9-,29-16+. The van der Waals surface area contributed by atoms with E-state index in [-0.39, 0.29) is 11.0 Å². The lowest BCUT2D eigenvalue weighted by atomic mass is 9.77. The van der Waals surface area contributed by atoms with Gasteiger partial charge >= 0.3 is 0 Å². The highest BCUT2D eigenvalue weighted by molar-refractivity contribution is 5.60. The van der Waals surface area contributed by atoms with Crippen molar-refractivity contribution in [3.8, 4) is 0 Å². The summed E-state index contributed by atoms with van der Waals surface area (Å²) in [6, 6.07) is 30.2. The summed E-state index contributed by atoms with van der Waals surface area (Å²) in [5.41, 5.74) is 5.65. The Morgan fingerprint density at radius 3 is 1.73 bits per heavy atom. The molecule has 0 N–H and O–H groups in total. The molecule has 0 aromatic heterocycles. The van der Waals surface area contributed by atoms with Crippen molar-refractivity contribution in [2.24, 2.45) is 0 Å². The average Bonchev–Trinajstić information content (AvgIpc) is 2.84. The minimum Gasteiger partial charge on any atom is -0.332 e. The molecule has 0 saturated carbocycles. The molecule has 0 heterocycles. The Morgan fingerprint density at radius 1 is 0.667 bits per heavy atom. The highest BCUT2D eigenvalue weighted by atomic mass is 15.2. The summed E-state index contributed by atoms with van der Waals surface area (Å²) < 4.78 is 0. The van der Waals surface area contributed by atoms with Crippen LogP contribution >= 0.6 is 0 Å². The van der Waals surface area contributed by atoms with Crippen LogP contribution in [-0.2, 0) is 11.0 Å². The van der Waals surface area contributed by atoms with Gasteiger partial charge in [0.15, 0.2) is 0 Å². The van der Waals surface area contributed by atoms with Gasteiger partial charge in [-0.2, -0.15) is 0 Å². The molecular formula is C32H35N. The third-order valence-electron chi connectivity index (χ3n) is 6.33. The van der Waals surface area contributed by atoms with Gasteiger partial charge in [-0.1, -0.05) is 118 Å². The molecule has 3 rings (SSSR count). The molecule has 3 aromatic carbocycles. The fourth-order valence-corrected chi connectivity index (χ4v) is 4.31. The molecule has 0 amide bonds. The maximum Gasteiger partial charge on any atom is 0.0646 e. The number of allylic oxidation sites excluding steroid dienone is 5. The Bertz CT molecular complexity index is 1110. The Labute approximate surface area is 200 Å². The Balaban J connectivity index is 2.06. The zero-order chi connectivity index (χ0) is 23.9. The van der Waals surface area contributed by atoms with E-state index in [0.29, 0.717) is 0 Å². The first-order chi connectivity index (χ1) is 15.8.